The van der Waals surface area contributed by atoms with Crippen LogP contribution in [0.1, 0.15) is 30.9 Å². The first-order chi connectivity index (χ1) is 13.6. The zero-order chi connectivity index (χ0) is 19.8. The largest absolute Gasteiger partial charge is 0.484 e. The number of nitrogens with one attached hydrogen (secondary N) is 2. The van der Waals surface area contributed by atoms with Crippen molar-refractivity contribution in [2.75, 3.05) is 26.4 Å². The number of benzene rings is 2. The molecule has 28 heavy (non-hydrogen) atoms. The maximum absolute atomic E-state index is 13.3. The number of amides is 1. The van der Waals surface area contributed by atoms with Crippen LogP contribution in [0.3, 0.4) is 0 Å². The third-order valence-corrected chi connectivity index (χ3v) is 5.04. The van der Waals surface area contributed by atoms with E-state index in [9.17, 15) is 9.18 Å². The first-order valence-corrected chi connectivity index (χ1v) is 9.68. The standard InChI is InChI=1S/C22H27FN2O3/c1-2-24-21(26)16-28-20-9-3-17(4-10-20)15-25-22(11-13-27-14-12-22)18-5-7-19(23)8-6-18/h3-10,25H,2,11-16H2,1H3,(H,24,26). The van der Waals surface area contributed by atoms with Crippen molar-refractivity contribution < 1.29 is 18.7 Å². The molecule has 1 fully saturated rings. The first kappa shape index (κ1) is 20.3. The van der Waals surface area contributed by atoms with E-state index in [0.717, 1.165) is 24.0 Å². The quantitative estimate of drug-likeness (QED) is 0.732. The molecule has 1 saturated heterocycles. The highest BCUT2D eigenvalue weighted by atomic mass is 19.1. The van der Waals surface area contributed by atoms with Crippen molar-refractivity contribution in [3.05, 3.63) is 65.5 Å². The van der Waals surface area contributed by atoms with Crippen molar-refractivity contribution in [3.63, 3.8) is 0 Å². The van der Waals surface area contributed by atoms with Gasteiger partial charge in [-0.3, -0.25) is 4.79 Å². The maximum Gasteiger partial charge on any atom is 0.257 e. The monoisotopic (exact) mass is 386 g/mol. The number of halogens is 1. The van der Waals surface area contributed by atoms with E-state index in [1.54, 1.807) is 0 Å². The van der Waals surface area contributed by atoms with Crippen LogP contribution in [-0.2, 0) is 21.6 Å². The molecule has 1 aliphatic rings. The minimum atomic E-state index is -0.228. The van der Waals surface area contributed by atoms with Crippen molar-refractivity contribution >= 4 is 5.91 Å². The van der Waals surface area contributed by atoms with Gasteiger partial charge in [-0.15, -0.1) is 0 Å². The second-order valence-electron chi connectivity index (χ2n) is 6.94. The van der Waals surface area contributed by atoms with Crippen LogP contribution in [0.25, 0.3) is 0 Å². The van der Waals surface area contributed by atoms with Gasteiger partial charge in [-0.05, 0) is 55.2 Å². The second kappa shape index (κ2) is 9.66. The normalized spacial score (nSPS) is 15.8. The van der Waals surface area contributed by atoms with Gasteiger partial charge in [0.2, 0.25) is 0 Å². The molecule has 150 valence electrons. The lowest BCUT2D eigenvalue weighted by atomic mass is 9.82. The maximum atomic E-state index is 13.3. The Morgan fingerprint density at radius 1 is 1.11 bits per heavy atom. The van der Waals surface area contributed by atoms with Crippen LogP contribution in [0.2, 0.25) is 0 Å². The van der Waals surface area contributed by atoms with Gasteiger partial charge >= 0.3 is 0 Å². The molecule has 2 aromatic carbocycles. The number of hydrogen-bond acceptors (Lipinski definition) is 4. The molecule has 0 atom stereocenters. The van der Waals surface area contributed by atoms with Crippen molar-refractivity contribution in [1.82, 2.24) is 10.6 Å². The molecular weight excluding hydrogens is 359 g/mol. The molecule has 1 aliphatic heterocycles. The van der Waals surface area contributed by atoms with E-state index in [4.69, 9.17) is 9.47 Å². The Morgan fingerprint density at radius 3 is 2.43 bits per heavy atom. The lowest BCUT2D eigenvalue weighted by Gasteiger charge is -2.39. The van der Waals surface area contributed by atoms with Crippen LogP contribution in [0, 0.1) is 5.82 Å². The highest BCUT2D eigenvalue weighted by Crippen LogP contribution is 2.32. The lowest BCUT2D eigenvalue weighted by Crippen LogP contribution is -2.46. The summed E-state index contributed by atoms with van der Waals surface area (Å²) >= 11 is 0. The number of carbonyl (C=O) groups excluding carboxylic acids is 1. The number of rotatable bonds is 8. The van der Waals surface area contributed by atoms with Gasteiger partial charge < -0.3 is 20.1 Å². The summed E-state index contributed by atoms with van der Waals surface area (Å²) < 4.78 is 24.4. The van der Waals surface area contributed by atoms with E-state index in [1.807, 2.05) is 43.3 Å². The predicted octanol–water partition coefficient (Wildman–Crippen LogP) is 3.14. The summed E-state index contributed by atoms with van der Waals surface area (Å²) in [5.74, 6) is 0.303. The third kappa shape index (κ3) is 5.30. The number of ether oxygens (including phenoxy) is 2. The first-order valence-electron chi connectivity index (χ1n) is 9.68. The summed E-state index contributed by atoms with van der Waals surface area (Å²) in [4.78, 5) is 11.5. The molecule has 0 radical (unpaired) electrons. The van der Waals surface area contributed by atoms with Gasteiger partial charge in [-0.2, -0.15) is 0 Å². The molecular formula is C22H27FN2O3. The summed E-state index contributed by atoms with van der Waals surface area (Å²) in [5.41, 5.74) is 1.97. The molecule has 6 heteroatoms. The molecule has 0 bridgehead atoms. The van der Waals surface area contributed by atoms with Gasteiger partial charge in [-0.1, -0.05) is 24.3 Å². The van der Waals surface area contributed by atoms with E-state index in [2.05, 4.69) is 10.6 Å². The van der Waals surface area contributed by atoms with E-state index in [1.165, 1.54) is 12.1 Å². The van der Waals surface area contributed by atoms with Crippen molar-refractivity contribution in [1.29, 1.82) is 0 Å². The van der Waals surface area contributed by atoms with Crippen LogP contribution in [0.15, 0.2) is 48.5 Å². The van der Waals surface area contributed by atoms with E-state index in [-0.39, 0.29) is 23.9 Å². The molecule has 0 spiro atoms. The third-order valence-electron chi connectivity index (χ3n) is 5.04. The fourth-order valence-corrected chi connectivity index (χ4v) is 3.43. The fourth-order valence-electron chi connectivity index (χ4n) is 3.43. The number of likely N-dealkylation sites (N-methyl/N-ethyl adjacent to an activating group) is 1. The fraction of sp³-hybridized carbons (Fsp3) is 0.409. The van der Waals surface area contributed by atoms with E-state index >= 15 is 0 Å². The molecule has 1 heterocycles. The molecule has 0 unspecified atom stereocenters. The summed E-state index contributed by atoms with van der Waals surface area (Å²) in [6.45, 7) is 4.51. The van der Waals surface area contributed by atoms with Crippen molar-refractivity contribution in [3.8, 4) is 5.75 Å². The minimum Gasteiger partial charge on any atom is -0.484 e. The number of carbonyl (C=O) groups is 1. The van der Waals surface area contributed by atoms with Gasteiger partial charge in [0.1, 0.15) is 11.6 Å². The Morgan fingerprint density at radius 2 is 1.79 bits per heavy atom. The smallest absolute Gasteiger partial charge is 0.257 e. The molecule has 0 aromatic heterocycles. The second-order valence-corrected chi connectivity index (χ2v) is 6.94. The molecule has 2 aromatic rings. The highest BCUT2D eigenvalue weighted by molar-refractivity contribution is 5.77. The Kier molecular flexibility index (Phi) is 7.01. The molecule has 5 nitrogen and oxygen atoms in total. The number of hydrogen-bond donors (Lipinski definition) is 2. The predicted molar refractivity (Wildman–Crippen MR) is 106 cm³/mol. The van der Waals surface area contributed by atoms with Crippen LogP contribution >= 0.6 is 0 Å². The summed E-state index contributed by atoms with van der Waals surface area (Å²) in [6, 6.07) is 14.4. The van der Waals surface area contributed by atoms with Gasteiger partial charge in [0, 0.05) is 31.8 Å². The topological polar surface area (TPSA) is 59.6 Å². The van der Waals surface area contributed by atoms with Crippen LogP contribution in [0.5, 0.6) is 5.75 Å². The van der Waals surface area contributed by atoms with Crippen LogP contribution in [0.4, 0.5) is 4.39 Å². The van der Waals surface area contributed by atoms with Crippen LogP contribution < -0.4 is 15.4 Å². The van der Waals surface area contributed by atoms with Gasteiger partial charge in [0.05, 0.1) is 0 Å². The Hall–Kier alpha value is -2.44. The average molecular weight is 386 g/mol. The summed E-state index contributed by atoms with van der Waals surface area (Å²) in [5, 5.41) is 6.37. The molecule has 3 rings (SSSR count). The highest BCUT2D eigenvalue weighted by Gasteiger charge is 2.33. The molecule has 0 aliphatic carbocycles. The SMILES string of the molecule is CCNC(=O)COc1ccc(CNC2(c3ccc(F)cc3)CCOCC2)cc1. The van der Waals surface area contributed by atoms with Gasteiger partial charge in [0.15, 0.2) is 6.61 Å². The Labute approximate surface area is 165 Å². The zero-order valence-corrected chi connectivity index (χ0v) is 16.2. The lowest BCUT2D eigenvalue weighted by molar-refractivity contribution is -0.122. The molecule has 2 N–H and O–H groups in total. The summed E-state index contributed by atoms with van der Waals surface area (Å²) in [6.07, 6.45) is 1.68. The van der Waals surface area contributed by atoms with E-state index < -0.39 is 0 Å². The summed E-state index contributed by atoms with van der Waals surface area (Å²) in [7, 11) is 0. The van der Waals surface area contributed by atoms with Crippen molar-refractivity contribution in [2.24, 2.45) is 0 Å². The van der Waals surface area contributed by atoms with Crippen LogP contribution in [-0.4, -0.2) is 32.3 Å². The zero-order valence-electron chi connectivity index (χ0n) is 16.2. The average Bonchev–Trinajstić information content (AvgIpc) is 2.73. The Bertz CT molecular complexity index is 756. The Balaban J connectivity index is 1.62. The van der Waals surface area contributed by atoms with Crippen molar-refractivity contribution in [2.45, 2.75) is 31.8 Å². The van der Waals surface area contributed by atoms with E-state index in [0.29, 0.717) is 32.1 Å². The minimum absolute atomic E-state index is 0.0130. The van der Waals surface area contributed by atoms with Gasteiger partial charge in [-0.25, -0.2) is 4.39 Å². The molecule has 1 amide bonds. The molecule has 0 saturated carbocycles. The van der Waals surface area contributed by atoms with Gasteiger partial charge in [0.25, 0.3) is 5.91 Å².